The zero-order valence-electron chi connectivity index (χ0n) is 9.24. The number of nitrogens with zero attached hydrogens (tertiary/aromatic N) is 1. The molecule has 82 valence electrons. The molecular formula is C12H19N3. The quantitative estimate of drug-likeness (QED) is 0.794. The molecule has 0 saturated heterocycles. The molecule has 3 nitrogen and oxygen atoms in total. The minimum absolute atomic E-state index is 0.438. The summed E-state index contributed by atoms with van der Waals surface area (Å²) in [7, 11) is 0. The predicted octanol–water partition coefficient (Wildman–Crippen LogP) is 2.25. The topological polar surface area (TPSA) is 40.7 Å². The number of nitrogens with one attached hydrogen (secondary N) is 2. The highest BCUT2D eigenvalue weighted by Gasteiger charge is 2.39. The van der Waals surface area contributed by atoms with Crippen LogP contribution < -0.4 is 5.32 Å². The number of rotatable bonds is 3. The van der Waals surface area contributed by atoms with Crippen molar-refractivity contribution < 1.29 is 0 Å². The maximum absolute atomic E-state index is 4.00. The highest BCUT2D eigenvalue weighted by Crippen LogP contribution is 2.45. The third-order valence-electron chi connectivity index (χ3n) is 4.22. The van der Waals surface area contributed by atoms with Gasteiger partial charge in [-0.1, -0.05) is 6.42 Å². The van der Waals surface area contributed by atoms with Crippen LogP contribution in [0.1, 0.15) is 44.2 Å². The fourth-order valence-electron chi connectivity index (χ4n) is 3.36. The molecule has 4 unspecified atom stereocenters. The molecule has 3 rings (SSSR count). The first kappa shape index (κ1) is 9.40. The lowest BCUT2D eigenvalue weighted by molar-refractivity contribution is 0.327. The molecule has 2 N–H and O–H groups in total. The van der Waals surface area contributed by atoms with Gasteiger partial charge in [-0.3, -0.25) is 5.10 Å². The minimum atomic E-state index is 0.438. The van der Waals surface area contributed by atoms with Gasteiger partial charge in [0.15, 0.2) is 0 Å². The molecule has 15 heavy (non-hydrogen) atoms. The van der Waals surface area contributed by atoms with Crippen LogP contribution in [0.2, 0.25) is 0 Å². The second-order valence-corrected chi connectivity index (χ2v) is 5.20. The Kier molecular flexibility index (Phi) is 2.28. The van der Waals surface area contributed by atoms with Crippen molar-refractivity contribution in [3.63, 3.8) is 0 Å². The van der Waals surface area contributed by atoms with Gasteiger partial charge in [-0.25, -0.2) is 0 Å². The van der Waals surface area contributed by atoms with E-state index in [0.717, 1.165) is 17.9 Å². The van der Waals surface area contributed by atoms with Crippen molar-refractivity contribution in [2.45, 2.75) is 44.7 Å². The van der Waals surface area contributed by atoms with Crippen LogP contribution in [0, 0.1) is 11.8 Å². The highest BCUT2D eigenvalue weighted by molar-refractivity contribution is 5.09. The molecule has 0 aromatic carbocycles. The molecule has 2 aliphatic carbocycles. The van der Waals surface area contributed by atoms with Crippen molar-refractivity contribution in [3.05, 3.63) is 18.0 Å². The SMILES string of the molecule is CC(NC1CC2CCC1C2)c1cn[nH]c1. The molecule has 1 aromatic heterocycles. The number of fused-ring (bicyclic) bond motifs is 2. The van der Waals surface area contributed by atoms with E-state index in [1.807, 2.05) is 12.4 Å². The summed E-state index contributed by atoms with van der Waals surface area (Å²) >= 11 is 0. The van der Waals surface area contributed by atoms with Crippen LogP contribution in [0.25, 0.3) is 0 Å². The Hall–Kier alpha value is -0.830. The van der Waals surface area contributed by atoms with Crippen LogP contribution in [0.15, 0.2) is 12.4 Å². The molecule has 4 atom stereocenters. The van der Waals surface area contributed by atoms with Gasteiger partial charge >= 0.3 is 0 Å². The Labute approximate surface area is 90.7 Å². The molecule has 2 saturated carbocycles. The lowest BCUT2D eigenvalue weighted by atomic mass is 9.94. The molecule has 2 aliphatic rings. The van der Waals surface area contributed by atoms with Crippen LogP contribution in [-0.2, 0) is 0 Å². The Balaban J connectivity index is 1.62. The Morgan fingerprint density at radius 2 is 2.40 bits per heavy atom. The van der Waals surface area contributed by atoms with Crippen LogP contribution in [-0.4, -0.2) is 16.2 Å². The number of hydrogen-bond donors (Lipinski definition) is 2. The lowest BCUT2D eigenvalue weighted by Crippen LogP contribution is -2.35. The van der Waals surface area contributed by atoms with Gasteiger partial charge in [-0.05, 0) is 38.0 Å². The first-order chi connectivity index (χ1) is 7.33. The molecule has 0 amide bonds. The molecule has 0 aliphatic heterocycles. The third kappa shape index (κ3) is 1.69. The fraction of sp³-hybridized carbons (Fsp3) is 0.750. The number of H-pyrrole nitrogens is 1. The molecule has 1 heterocycles. The van der Waals surface area contributed by atoms with E-state index in [0.29, 0.717) is 6.04 Å². The number of aromatic amines is 1. The van der Waals surface area contributed by atoms with Crippen molar-refractivity contribution >= 4 is 0 Å². The zero-order valence-corrected chi connectivity index (χ0v) is 9.24. The molecule has 0 spiro atoms. The maximum Gasteiger partial charge on any atom is 0.0534 e. The van der Waals surface area contributed by atoms with E-state index in [1.165, 1.54) is 31.2 Å². The third-order valence-corrected chi connectivity index (χ3v) is 4.22. The van der Waals surface area contributed by atoms with Crippen molar-refractivity contribution in [3.8, 4) is 0 Å². The summed E-state index contributed by atoms with van der Waals surface area (Å²) in [6, 6.07) is 1.20. The molecule has 2 bridgehead atoms. The largest absolute Gasteiger partial charge is 0.307 e. The van der Waals surface area contributed by atoms with Crippen molar-refractivity contribution in [2.75, 3.05) is 0 Å². The van der Waals surface area contributed by atoms with Crippen LogP contribution in [0.3, 0.4) is 0 Å². The van der Waals surface area contributed by atoms with Gasteiger partial charge in [0.25, 0.3) is 0 Å². The molecule has 0 radical (unpaired) electrons. The van der Waals surface area contributed by atoms with E-state index in [2.05, 4.69) is 22.4 Å². The number of aromatic nitrogens is 2. The average molecular weight is 205 g/mol. The van der Waals surface area contributed by atoms with Gasteiger partial charge in [0.05, 0.1) is 6.20 Å². The first-order valence-corrected chi connectivity index (χ1v) is 6.07. The molecular weight excluding hydrogens is 186 g/mol. The summed E-state index contributed by atoms with van der Waals surface area (Å²) in [6.45, 7) is 2.23. The first-order valence-electron chi connectivity index (χ1n) is 6.07. The second kappa shape index (κ2) is 3.63. The lowest BCUT2D eigenvalue weighted by Gasteiger charge is -2.26. The molecule has 3 heteroatoms. The van der Waals surface area contributed by atoms with E-state index >= 15 is 0 Å². The Morgan fingerprint density at radius 1 is 1.47 bits per heavy atom. The van der Waals surface area contributed by atoms with Crippen molar-refractivity contribution in [1.82, 2.24) is 15.5 Å². The van der Waals surface area contributed by atoms with Crippen LogP contribution in [0.4, 0.5) is 0 Å². The Morgan fingerprint density at radius 3 is 3.00 bits per heavy atom. The van der Waals surface area contributed by atoms with Gasteiger partial charge in [0.2, 0.25) is 0 Å². The highest BCUT2D eigenvalue weighted by atomic mass is 15.1. The second-order valence-electron chi connectivity index (χ2n) is 5.20. The van der Waals surface area contributed by atoms with Gasteiger partial charge in [-0.2, -0.15) is 5.10 Å². The van der Waals surface area contributed by atoms with Crippen molar-refractivity contribution in [1.29, 1.82) is 0 Å². The summed E-state index contributed by atoms with van der Waals surface area (Å²) in [5.74, 6) is 1.97. The van der Waals surface area contributed by atoms with Crippen LogP contribution in [0.5, 0.6) is 0 Å². The van der Waals surface area contributed by atoms with Gasteiger partial charge in [0.1, 0.15) is 0 Å². The maximum atomic E-state index is 4.00. The Bertz CT molecular complexity index is 320. The fourth-order valence-corrected chi connectivity index (χ4v) is 3.36. The van der Waals surface area contributed by atoms with E-state index < -0.39 is 0 Å². The van der Waals surface area contributed by atoms with Crippen LogP contribution >= 0.6 is 0 Å². The predicted molar refractivity (Wildman–Crippen MR) is 59.4 cm³/mol. The van der Waals surface area contributed by atoms with E-state index in [1.54, 1.807) is 0 Å². The van der Waals surface area contributed by atoms with Gasteiger partial charge in [-0.15, -0.1) is 0 Å². The van der Waals surface area contributed by atoms with Gasteiger partial charge in [0, 0.05) is 23.8 Å². The summed E-state index contributed by atoms with van der Waals surface area (Å²) in [5, 5.41) is 10.6. The molecule has 2 fully saturated rings. The zero-order chi connectivity index (χ0) is 10.3. The van der Waals surface area contributed by atoms with Crippen molar-refractivity contribution in [2.24, 2.45) is 11.8 Å². The minimum Gasteiger partial charge on any atom is -0.307 e. The summed E-state index contributed by atoms with van der Waals surface area (Å²) in [6.07, 6.45) is 9.70. The van der Waals surface area contributed by atoms with Gasteiger partial charge < -0.3 is 5.32 Å². The average Bonchev–Trinajstić information content (AvgIpc) is 2.95. The summed E-state index contributed by atoms with van der Waals surface area (Å²) < 4.78 is 0. The summed E-state index contributed by atoms with van der Waals surface area (Å²) in [4.78, 5) is 0. The smallest absolute Gasteiger partial charge is 0.0534 e. The summed E-state index contributed by atoms with van der Waals surface area (Å²) in [5.41, 5.74) is 1.28. The van der Waals surface area contributed by atoms with E-state index in [-0.39, 0.29) is 0 Å². The molecule has 1 aromatic rings. The van der Waals surface area contributed by atoms with E-state index in [4.69, 9.17) is 0 Å². The number of hydrogen-bond acceptors (Lipinski definition) is 2. The standard InChI is InChI=1S/C12H19N3/c1-8(11-6-13-14-7-11)15-12-5-9-2-3-10(12)4-9/h6-10,12,15H,2-5H2,1H3,(H,13,14). The monoisotopic (exact) mass is 205 g/mol. The van der Waals surface area contributed by atoms with E-state index in [9.17, 15) is 0 Å². The normalized spacial score (nSPS) is 35.9.